The minimum absolute atomic E-state index is 0.0221. The summed E-state index contributed by atoms with van der Waals surface area (Å²) < 4.78 is 0. The summed E-state index contributed by atoms with van der Waals surface area (Å²) in [5, 5.41) is 13.1. The Balaban J connectivity index is 2.08. The first-order chi connectivity index (χ1) is 14.5. The summed E-state index contributed by atoms with van der Waals surface area (Å²) >= 11 is 0. The molecule has 30 heavy (non-hydrogen) atoms. The van der Waals surface area contributed by atoms with Crippen LogP contribution in [0.4, 0.5) is 0 Å². The summed E-state index contributed by atoms with van der Waals surface area (Å²) in [5.74, 6) is -0.326. The topological polar surface area (TPSA) is 95.7 Å². The maximum absolute atomic E-state index is 12.7. The Morgan fingerprint density at radius 3 is 2.07 bits per heavy atom. The molecule has 2 aromatic carbocycles. The predicted octanol–water partition coefficient (Wildman–Crippen LogP) is 2.61. The minimum Gasteiger partial charge on any atom is -0.390 e. The van der Waals surface area contributed by atoms with Gasteiger partial charge in [-0.25, -0.2) is 0 Å². The molecule has 0 saturated heterocycles. The highest BCUT2D eigenvalue weighted by atomic mass is 16.3. The summed E-state index contributed by atoms with van der Waals surface area (Å²) in [6.45, 7) is 5.58. The highest BCUT2D eigenvalue weighted by Crippen LogP contribution is 2.11. The molecule has 0 spiro atoms. The average molecular weight is 412 g/mol. The number of nitrogens with zero attached hydrogens (tertiary/aromatic N) is 1. The van der Waals surface area contributed by atoms with Crippen molar-refractivity contribution in [3.05, 3.63) is 71.3 Å². The van der Waals surface area contributed by atoms with Crippen molar-refractivity contribution in [3.63, 3.8) is 0 Å². The Morgan fingerprint density at radius 1 is 0.967 bits per heavy atom. The van der Waals surface area contributed by atoms with Gasteiger partial charge in [-0.05, 0) is 49.1 Å². The van der Waals surface area contributed by atoms with Gasteiger partial charge in [-0.2, -0.15) is 0 Å². The van der Waals surface area contributed by atoms with Crippen molar-refractivity contribution in [2.45, 2.75) is 45.3 Å². The molecular formula is C24H33N3O3. The van der Waals surface area contributed by atoms with Gasteiger partial charge in [0.05, 0.1) is 12.1 Å². The molecule has 0 radical (unpaired) electrons. The van der Waals surface area contributed by atoms with Crippen LogP contribution in [0.25, 0.3) is 0 Å². The standard InChI is InChI=1S/C24H33N3O3/c1-3-14-27(15-4-2)24(30)20-12-10-19(11-13-20)23(29)26-21(22(28)17-25)16-18-8-6-5-7-9-18/h5-13,21-22,28H,3-4,14-17,25H2,1-2H3,(H,26,29)/t21-,22+/m0/s1. The molecule has 4 N–H and O–H groups in total. The van der Waals surface area contributed by atoms with E-state index in [2.05, 4.69) is 5.32 Å². The molecule has 0 fully saturated rings. The fourth-order valence-corrected chi connectivity index (χ4v) is 3.37. The SMILES string of the molecule is CCCN(CCC)C(=O)c1ccc(C(=O)N[C@@H](Cc2ccccc2)[C@H](O)CN)cc1. The molecule has 2 rings (SSSR count). The molecule has 2 atom stereocenters. The number of hydrogen-bond acceptors (Lipinski definition) is 4. The van der Waals surface area contributed by atoms with E-state index in [0.29, 0.717) is 30.6 Å². The quantitative estimate of drug-likeness (QED) is 0.530. The molecule has 0 saturated carbocycles. The van der Waals surface area contributed by atoms with Gasteiger partial charge < -0.3 is 21.1 Å². The van der Waals surface area contributed by atoms with Gasteiger partial charge in [0.2, 0.25) is 0 Å². The van der Waals surface area contributed by atoms with Crippen molar-refractivity contribution >= 4 is 11.8 Å². The van der Waals surface area contributed by atoms with Crippen LogP contribution >= 0.6 is 0 Å². The number of carbonyl (C=O) groups excluding carboxylic acids is 2. The summed E-state index contributed by atoms with van der Waals surface area (Å²) in [4.78, 5) is 27.3. The van der Waals surface area contributed by atoms with Crippen LogP contribution in [0.15, 0.2) is 54.6 Å². The zero-order valence-electron chi connectivity index (χ0n) is 17.9. The average Bonchev–Trinajstić information content (AvgIpc) is 2.78. The van der Waals surface area contributed by atoms with E-state index in [1.165, 1.54) is 0 Å². The first-order valence-electron chi connectivity index (χ1n) is 10.6. The number of amides is 2. The summed E-state index contributed by atoms with van der Waals surface area (Å²) in [6.07, 6.45) is 1.42. The fraction of sp³-hybridized carbons (Fsp3) is 0.417. The van der Waals surface area contributed by atoms with Gasteiger partial charge in [0.15, 0.2) is 0 Å². The van der Waals surface area contributed by atoms with E-state index in [0.717, 1.165) is 18.4 Å². The van der Waals surface area contributed by atoms with Crippen LogP contribution in [0.3, 0.4) is 0 Å². The number of aliphatic hydroxyl groups excluding tert-OH is 1. The van der Waals surface area contributed by atoms with Crippen LogP contribution < -0.4 is 11.1 Å². The Bertz CT molecular complexity index is 787. The van der Waals surface area contributed by atoms with Crippen LogP contribution in [-0.4, -0.2) is 53.6 Å². The number of nitrogens with one attached hydrogen (secondary N) is 1. The smallest absolute Gasteiger partial charge is 0.253 e. The van der Waals surface area contributed by atoms with E-state index in [1.807, 2.05) is 49.1 Å². The van der Waals surface area contributed by atoms with Gasteiger partial charge in [0.1, 0.15) is 0 Å². The number of rotatable bonds is 11. The summed E-state index contributed by atoms with van der Waals surface area (Å²) in [5.41, 5.74) is 7.63. The largest absolute Gasteiger partial charge is 0.390 e. The highest BCUT2D eigenvalue weighted by molar-refractivity contribution is 5.98. The van der Waals surface area contributed by atoms with Crippen molar-refractivity contribution in [2.24, 2.45) is 5.73 Å². The predicted molar refractivity (Wildman–Crippen MR) is 119 cm³/mol. The van der Waals surface area contributed by atoms with E-state index < -0.39 is 12.1 Å². The van der Waals surface area contributed by atoms with Crippen molar-refractivity contribution < 1.29 is 14.7 Å². The van der Waals surface area contributed by atoms with Gasteiger partial charge in [-0.15, -0.1) is 0 Å². The van der Waals surface area contributed by atoms with E-state index >= 15 is 0 Å². The van der Waals surface area contributed by atoms with Gasteiger partial charge in [-0.1, -0.05) is 44.2 Å². The second-order valence-electron chi connectivity index (χ2n) is 7.44. The monoisotopic (exact) mass is 411 g/mol. The Labute approximate surface area is 179 Å². The molecule has 0 bridgehead atoms. The molecule has 0 aromatic heterocycles. The zero-order chi connectivity index (χ0) is 21.9. The maximum atomic E-state index is 12.7. The number of hydrogen-bond donors (Lipinski definition) is 3. The Kier molecular flexibility index (Phi) is 9.51. The van der Waals surface area contributed by atoms with E-state index in [1.54, 1.807) is 24.3 Å². The molecule has 0 heterocycles. The Morgan fingerprint density at radius 2 is 1.53 bits per heavy atom. The van der Waals surface area contributed by atoms with Crippen LogP contribution in [0, 0.1) is 0 Å². The van der Waals surface area contributed by atoms with Crippen LogP contribution in [0.1, 0.15) is 53.0 Å². The van der Waals surface area contributed by atoms with Crippen molar-refractivity contribution in [1.82, 2.24) is 10.2 Å². The van der Waals surface area contributed by atoms with Crippen molar-refractivity contribution in [2.75, 3.05) is 19.6 Å². The lowest BCUT2D eigenvalue weighted by Crippen LogP contribution is -2.47. The van der Waals surface area contributed by atoms with Gasteiger partial charge >= 0.3 is 0 Å². The lowest BCUT2D eigenvalue weighted by molar-refractivity contribution is 0.0754. The van der Waals surface area contributed by atoms with Crippen molar-refractivity contribution in [3.8, 4) is 0 Å². The third-order valence-electron chi connectivity index (χ3n) is 4.99. The normalized spacial score (nSPS) is 12.8. The second kappa shape index (κ2) is 12.1. The molecule has 162 valence electrons. The second-order valence-corrected chi connectivity index (χ2v) is 7.44. The number of carbonyl (C=O) groups is 2. The first kappa shape index (κ1) is 23.6. The number of nitrogens with two attached hydrogens (primary N) is 1. The zero-order valence-corrected chi connectivity index (χ0v) is 17.9. The lowest BCUT2D eigenvalue weighted by Gasteiger charge is -2.24. The third kappa shape index (κ3) is 6.68. The molecule has 0 unspecified atom stereocenters. The van der Waals surface area contributed by atoms with E-state index in [-0.39, 0.29) is 18.4 Å². The van der Waals surface area contributed by atoms with Crippen LogP contribution in [0.2, 0.25) is 0 Å². The van der Waals surface area contributed by atoms with Crippen LogP contribution in [-0.2, 0) is 6.42 Å². The molecule has 0 aliphatic carbocycles. The minimum atomic E-state index is -0.855. The van der Waals surface area contributed by atoms with E-state index in [9.17, 15) is 14.7 Å². The van der Waals surface area contributed by atoms with Crippen LogP contribution in [0.5, 0.6) is 0 Å². The third-order valence-corrected chi connectivity index (χ3v) is 4.99. The molecule has 6 nitrogen and oxygen atoms in total. The molecule has 0 aliphatic rings. The number of aliphatic hydroxyl groups is 1. The molecule has 2 aromatic rings. The Hall–Kier alpha value is -2.70. The molecule has 6 heteroatoms. The first-order valence-corrected chi connectivity index (χ1v) is 10.6. The van der Waals surface area contributed by atoms with E-state index in [4.69, 9.17) is 5.73 Å². The number of benzene rings is 2. The highest BCUT2D eigenvalue weighted by Gasteiger charge is 2.22. The molecule has 0 aliphatic heterocycles. The van der Waals surface area contributed by atoms with Gasteiger partial charge in [-0.3, -0.25) is 9.59 Å². The van der Waals surface area contributed by atoms with Crippen molar-refractivity contribution in [1.29, 1.82) is 0 Å². The fourth-order valence-electron chi connectivity index (χ4n) is 3.37. The maximum Gasteiger partial charge on any atom is 0.253 e. The molecule has 2 amide bonds. The summed E-state index contributed by atoms with van der Waals surface area (Å²) in [6, 6.07) is 15.8. The lowest BCUT2D eigenvalue weighted by atomic mass is 10.0. The molecular weight excluding hydrogens is 378 g/mol. The van der Waals surface area contributed by atoms with Gasteiger partial charge in [0, 0.05) is 30.8 Å². The van der Waals surface area contributed by atoms with Gasteiger partial charge in [0.25, 0.3) is 11.8 Å². The summed E-state index contributed by atoms with van der Waals surface area (Å²) in [7, 11) is 0.